The van der Waals surface area contributed by atoms with E-state index in [4.69, 9.17) is 4.74 Å². The lowest BCUT2D eigenvalue weighted by Gasteiger charge is -2.13. The number of rotatable bonds is 2. The molecule has 3 heteroatoms. The molecule has 18 heavy (non-hydrogen) atoms. The van der Waals surface area contributed by atoms with Gasteiger partial charge in [-0.15, -0.1) is 0 Å². The minimum Gasteiger partial charge on any atom is -0.508 e. The maximum absolute atomic E-state index is 9.41. The minimum atomic E-state index is -0.0209. The maximum Gasteiger partial charge on any atom is 0.134 e. The summed E-state index contributed by atoms with van der Waals surface area (Å²) >= 11 is 0. The van der Waals surface area contributed by atoms with E-state index in [2.05, 4.69) is 0 Å². The van der Waals surface area contributed by atoms with Gasteiger partial charge in [0.15, 0.2) is 0 Å². The van der Waals surface area contributed by atoms with Crippen LogP contribution in [-0.2, 0) is 0 Å². The fourth-order valence-electron chi connectivity index (χ4n) is 2.07. The molecule has 0 unspecified atom stereocenters. The predicted molar refractivity (Wildman–Crippen MR) is 70.5 cm³/mol. The fraction of sp³-hybridized carbons (Fsp3) is 0.200. The van der Waals surface area contributed by atoms with Gasteiger partial charge in [0, 0.05) is 18.2 Å². The van der Waals surface area contributed by atoms with Crippen LogP contribution in [0.2, 0.25) is 0 Å². The third-order valence-electron chi connectivity index (χ3n) is 2.70. The van der Waals surface area contributed by atoms with Crippen LogP contribution in [0.25, 0.3) is 0 Å². The Balaban J connectivity index is 2.40. The standard InChI is InChI=1S/C15H16O3/c1-9-4-10(2)15(11(3)5-9)18-14-7-12(16)6-13(17)8-14/h4-8,16-17H,1-3H3. The lowest BCUT2D eigenvalue weighted by Crippen LogP contribution is -1.92. The van der Waals surface area contributed by atoms with Crippen LogP contribution in [0.3, 0.4) is 0 Å². The van der Waals surface area contributed by atoms with E-state index in [1.165, 1.54) is 23.8 Å². The molecule has 3 nitrogen and oxygen atoms in total. The molecule has 0 aromatic heterocycles. The Morgan fingerprint density at radius 3 is 1.78 bits per heavy atom. The van der Waals surface area contributed by atoms with Gasteiger partial charge in [0.1, 0.15) is 23.0 Å². The van der Waals surface area contributed by atoms with E-state index in [-0.39, 0.29) is 11.5 Å². The zero-order chi connectivity index (χ0) is 13.3. The number of ether oxygens (including phenoxy) is 1. The van der Waals surface area contributed by atoms with Crippen molar-refractivity contribution in [3.63, 3.8) is 0 Å². The van der Waals surface area contributed by atoms with Gasteiger partial charge in [0.2, 0.25) is 0 Å². The molecule has 2 rings (SSSR count). The second kappa shape index (κ2) is 4.61. The molecule has 2 aromatic carbocycles. The molecule has 0 atom stereocenters. The molecule has 0 saturated carbocycles. The first-order chi connectivity index (χ1) is 8.45. The van der Waals surface area contributed by atoms with Gasteiger partial charge in [-0.25, -0.2) is 0 Å². The van der Waals surface area contributed by atoms with Crippen LogP contribution in [0.5, 0.6) is 23.0 Å². The molecule has 2 aromatic rings. The van der Waals surface area contributed by atoms with Crippen LogP contribution in [0, 0.1) is 20.8 Å². The Morgan fingerprint density at radius 2 is 1.28 bits per heavy atom. The average molecular weight is 244 g/mol. The average Bonchev–Trinajstić information content (AvgIpc) is 2.22. The Morgan fingerprint density at radius 1 is 0.778 bits per heavy atom. The van der Waals surface area contributed by atoms with Gasteiger partial charge in [-0.1, -0.05) is 17.7 Å². The summed E-state index contributed by atoms with van der Waals surface area (Å²) < 4.78 is 5.74. The summed E-state index contributed by atoms with van der Waals surface area (Å²) in [5.41, 5.74) is 3.22. The summed E-state index contributed by atoms with van der Waals surface area (Å²) in [6.45, 7) is 5.97. The summed E-state index contributed by atoms with van der Waals surface area (Å²) in [6.07, 6.45) is 0. The van der Waals surface area contributed by atoms with E-state index in [1.54, 1.807) is 0 Å². The van der Waals surface area contributed by atoms with Crippen molar-refractivity contribution in [1.29, 1.82) is 0 Å². The fourth-order valence-corrected chi connectivity index (χ4v) is 2.07. The van der Waals surface area contributed by atoms with Crippen molar-refractivity contribution in [3.05, 3.63) is 47.0 Å². The molecule has 0 heterocycles. The smallest absolute Gasteiger partial charge is 0.134 e. The zero-order valence-electron chi connectivity index (χ0n) is 10.7. The van der Waals surface area contributed by atoms with E-state index in [1.807, 2.05) is 32.9 Å². The molecule has 0 radical (unpaired) electrons. The lowest BCUT2D eigenvalue weighted by atomic mass is 10.1. The molecular weight excluding hydrogens is 228 g/mol. The Labute approximate surface area is 106 Å². The second-order valence-electron chi connectivity index (χ2n) is 4.52. The molecule has 94 valence electrons. The molecule has 0 saturated heterocycles. The first kappa shape index (κ1) is 12.3. The largest absolute Gasteiger partial charge is 0.508 e. The molecular formula is C15H16O3. The van der Waals surface area contributed by atoms with E-state index in [0.717, 1.165) is 16.9 Å². The van der Waals surface area contributed by atoms with Crippen LogP contribution >= 0.6 is 0 Å². The highest BCUT2D eigenvalue weighted by Gasteiger charge is 2.08. The summed E-state index contributed by atoms with van der Waals surface area (Å²) in [7, 11) is 0. The van der Waals surface area contributed by atoms with Crippen molar-refractivity contribution in [2.45, 2.75) is 20.8 Å². The number of aromatic hydroxyl groups is 2. The molecule has 0 aliphatic carbocycles. The molecule has 2 N–H and O–H groups in total. The van der Waals surface area contributed by atoms with Crippen LogP contribution in [0.1, 0.15) is 16.7 Å². The van der Waals surface area contributed by atoms with E-state index < -0.39 is 0 Å². The topological polar surface area (TPSA) is 49.7 Å². The van der Waals surface area contributed by atoms with Gasteiger partial charge < -0.3 is 14.9 Å². The summed E-state index contributed by atoms with van der Waals surface area (Å²) in [5, 5.41) is 18.8. The van der Waals surface area contributed by atoms with Gasteiger partial charge in [-0.2, -0.15) is 0 Å². The van der Waals surface area contributed by atoms with Gasteiger partial charge in [0.25, 0.3) is 0 Å². The highest BCUT2D eigenvalue weighted by Crippen LogP contribution is 2.33. The van der Waals surface area contributed by atoms with Crippen molar-refractivity contribution >= 4 is 0 Å². The normalized spacial score (nSPS) is 10.4. The van der Waals surface area contributed by atoms with Crippen LogP contribution in [0.15, 0.2) is 30.3 Å². The lowest BCUT2D eigenvalue weighted by molar-refractivity contribution is 0.429. The minimum absolute atomic E-state index is 0.0209. The monoisotopic (exact) mass is 244 g/mol. The van der Waals surface area contributed by atoms with Crippen LogP contribution < -0.4 is 4.74 Å². The molecule has 0 bridgehead atoms. The highest BCUT2D eigenvalue weighted by molar-refractivity contribution is 5.48. The zero-order valence-corrected chi connectivity index (χ0v) is 10.7. The third kappa shape index (κ3) is 2.56. The summed E-state index contributed by atoms with van der Waals surface area (Å²) in [5.74, 6) is 1.13. The van der Waals surface area contributed by atoms with Gasteiger partial charge >= 0.3 is 0 Å². The first-order valence-electron chi connectivity index (χ1n) is 5.74. The quantitative estimate of drug-likeness (QED) is 0.844. The number of hydrogen-bond acceptors (Lipinski definition) is 3. The second-order valence-corrected chi connectivity index (χ2v) is 4.52. The van der Waals surface area contributed by atoms with Crippen molar-refractivity contribution < 1.29 is 14.9 Å². The number of phenols is 2. The van der Waals surface area contributed by atoms with Crippen molar-refractivity contribution in [2.75, 3.05) is 0 Å². The number of phenolic OH excluding ortho intramolecular Hbond substituents is 2. The van der Waals surface area contributed by atoms with Crippen LogP contribution in [-0.4, -0.2) is 10.2 Å². The van der Waals surface area contributed by atoms with Crippen molar-refractivity contribution in [3.8, 4) is 23.0 Å². The van der Waals surface area contributed by atoms with E-state index in [0.29, 0.717) is 5.75 Å². The molecule has 0 spiro atoms. The molecule has 0 aliphatic rings. The predicted octanol–water partition coefficient (Wildman–Crippen LogP) is 3.82. The van der Waals surface area contributed by atoms with Gasteiger partial charge in [-0.3, -0.25) is 0 Å². The number of hydrogen-bond donors (Lipinski definition) is 2. The maximum atomic E-state index is 9.41. The van der Waals surface area contributed by atoms with E-state index >= 15 is 0 Å². The van der Waals surface area contributed by atoms with Gasteiger partial charge in [0.05, 0.1) is 0 Å². The Bertz CT molecular complexity index is 545. The highest BCUT2D eigenvalue weighted by atomic mass is 16.5. The third-order valence-corrected chi connectivity index (χ3v) is 2.70. The number of benzene rings is 2. The Hall–Kier alpha value is -2.16. The Kier molecular flexibility index (Phi) is 3.15. The van der Waals surface area contributed by atoms with Crippen LogP contribution in [0.4, 0.5) is 0 Å². The van der Waals surface area contributed by atoms with Crippen molar-refractivity contribution in [2.24, 2.45) is 0 Å². The molecule has 0 fully saturated rings. The molecule has 0 aliphatic heterocycles. The summed E-state index contributed by atoms with van der Waals surface area (Å²) in [6, 6.07) is 8.27. The molecule has 0 amide bonds. The van der Waals surface area contributed by atoms with Gasteiger partial charge in [-0.05, 0) is 31.9 Å². The number of aryl methyl sites for hydroxylation is 3. The SMILES string of the molecule is Cc1cc(C)c(Oc2cc(O)cc(O)c2)c(C)c1. The first-order valence-corrected chi connectivity index (χ1v) is 5.74. The summed E-state index contributed by atoms with van der Waals surface area (Å²) in [4.78, 5) is 0. The van der Waals surface area contributed by atoms with Crippen molar-refractivity contribution in [1.82, 2.24) is 0 Å². The van der Waals surface area contributed by atoms with E-state index in [9.17, 15) is 10.2 Å².